The first-order chi connectivity index (χ1) is 14.0. The van der Waals surface area contributed by atoms with E-state index in [1.807, 2.05) is 30.3 Å². The molecule has 2 N–H and O–H groups in total. The zero-order chi connectivity index (χ0) is 20.4. The Morgan fingerprint density at radius 2 is 1.93 bits per heavy atom. The molecule has 0 spiro atoms. The van der Waals surface area contributed by atoms with Gasteiger partial charge < -0.3 is 19.9 Å². The standard InChI is InChI=1S/C24H33NO4/c1-15(2)20-11-22(24(27)25-21-10-18-7-8-19(21)9-18)29-23(12-20)28-14-17-5-3-16(13-26)4-6-17/h3-6,11,15,18-21,23,26H,7-10,12-14H2,1-2H3,(H,25,27)/t18?,19?,20-,21?,23+/m1/s1. The van der Waals surface area contributed by atoms with Crippen LogP contribution in [0.5, 0.6) is 0 Å². The molecule has 2 fully saturated rings. The molecule has 5 atom stereocenters. The number of ether oxygens (including phenoxy) is 2. The van der Waals surface area contributed by atoms with Gasteiger partial charge in [-0.25, -0.2) is 0 Å². The van der Waals surface area contributed by atoms with Gasteiger partial charge in [0.05, 0.1) is 13.2 Å². The third-order valence-corrected chi connectivity index (χ3v) is 6.86. The smallest absolute Gasteiger partial charge is 0.286 e. The van der Waals surface area contributed by atoms with Crippen molar-refractivity contribution in [3.63, 3.8) is 0 Å². The minimum Gasteiger partial charge on any atom is -0.459 e. The molecule has 0 radical (unpaired) electrons. The van der Waals surface area contributed by atoms with Gasteiger partial charge in [0.25, 0.3) is 5.91 Å². The number of aliphatic hydroxyl groups excluding tert-OH is 1. The highest BCUT2D eigenvalue weighted by Crippen LogP contribution is 2.44. The Labute approximate surface area is 173 Å². The number of fused-ring (bicyclic) bond motifs is 2. The van der Waals surface area contributed by atoms with Gasteiger partial charge in [-0.2, -0.15) is 0 Å². The zero-order valence-electron chi connectivity index (χ0n) is 17.5. The maximum absolute atomic E-state index is 12.9. The SMILES string of the molecule is CC(C)[C@@H]1C=C(C(=O)NC2CC3CCC2C3)O[C@H](OCc2ccc(CO)cc2)C1. The maximum Gasteiger partial charge on any atom is 0.286 e. The molecule has 2 aliphatic carbocycles. The topological polar surface area (TPSA) is 67.8 Å². The molecule has 3 unspecified atom stereocenters. The highest BCUT2D eigenvalue weighted by molar-refractivity contribution is 5.91. The summed E-state index contributed by atoms with van der Waals surface area (Å²) in [5.74, 6) is 2.43. The van der Waals surface area contributed by atoms with Crippen molar-refractivity contribution in [2.45, 2.75) is 71.5 Å². The molecular weight excluding hydrogens is 366 g/mol. The van der Waals surface area contributed by atoms with E-state index in [1.54, 1.807) is 0 Å². The van der Waals surface area contributed by atoms with E-state index in [2.05, 4.69) is 19.2 Å². The molecule has 4 rings (SSSR count). The van der Waals surface area contributed by atoms with Crippen molar-refractivity contribution >= 4 is 5.91 Å². The predicted octanol–water partition coefficient (Wildman–Crippen LogP) is 3.90. The molecule has 158 valence electrons. The van der Waals surface area contributed by atoms with Crippen LogP contribution in [0.25, 0.3) is 0 Å². The largest absolute Gasteiger partial charge is 0.459 e. The van der Waals surface area contributed by atoms with Crippen LogP contribution in [0.3, 0.4) is 0 Å². The average molecular weight is 400 g/mol. The molecule has 1 aliphatic heterocycles. The van der Waals surface area contributed by atoms with Gasteiger partial charge in [0.2, 0.25) is 6.29 Å². The number of hydrogen-bond donors (Lipinski definition) is 2. The molecule has 1 heterocycles. The molecule has 1 amide bonds. The van der Waals surface area contributed by atoms with Crippen molar-refractivity contribution in [2.75, 3.05) is 0 Å². The van der Waals surface area contributed by atoms with E-state index < -0.39 is 6.29 Å². The Morgan fingerprint density at radius 3 is 2.55 bits per heavy atom. The first-order valence-electron chi connectivity index (χ1n) is 11.0. The van der Waals surface area contributed by atoms with E-state index in [0.717, 1.165) is 29.9 Å². The minimum atomic E-state index is -0.425. The average Bonchev–Trinajstić information content (AvgIpc) is 3.35. The van der Waals surface area contributed by atoms with Crippen LogP contribution in [-0.2, 0) is 27.5 Å². The van der Waals surface area contributed by atoms with Crippen LogP contribution in [-0.4, -0.2) is 23.3 Å². The van der Waals surface area contributed by atoms with Gasteiger partial charge in [-0.1, -0.05) is 44.5 Å². The van der Waals surface area contributed by atoms with Crippen molar-refractivity contribution in [1.29, 1.82) is 0 Å². The maximum atomic E-state index is 12.9. The summed E-state index contributed by atoms with van der Waals surface area (Å²) in [5, 5.41) is 12.4. The second-order valence-electron chi connectivity index (χ2n) is 9.26. The summed E-state index contributed by atoms with van der Waals surface area (Å²) in [6.45, 7) is 4.79. The molecule has 2 bridgehead atoms. The number of carbonyl (C=O) groups excluding carboxylic acids is 1. The van der Waals surface area contributed by atoms with Crippen LogP contribution in [0.2, 0.25) is 0 Å². The fourth-order valence-corrected chi connectivity index (χ4v) is 5.00. The molecule has 1 aromatic rings. The van der Waals surface area contributed by atoms with Gasteiger partial charge in [0, 0.05) is 12.5 Å². The molecule has 29 heavy (non-hydrogen) atoms. The summed E-state index contributed by atoms with van der Waals surface area (Å²) in [6, 6.07) is 7.99. The fraction of sp³-hybridized carbons (Fsp3) is 0.625. The van der Waals surface area contributed by atoms with Gasteiger partial charge in [0.1, 0.15) is 0 Å². The van der Waals surface area contributed by atoms with Crippen LogP contribution in [0.1, 0.15) is 57.1 Å². The van der Waals surface area contributed by atoms with Crippen LogP contribution < -0.4 is 5.32 Å². The quantitative estimate of drug-likeness (QED) is 0.730. The van der Waals surface area contributed by atoms with Gasteiger partial charge in [-0.3, -0.25) is 4.79 Å². The van der Waals surface area contributed by atoms with Gasteiger partial charge in [-0.15, -0.1) is 0 Å². The summed E-state index contributed by atoms with van der Waals surface area (Å²) in [6.07, 6.45) is 7.25. The molecule has 2 saturated carbocycles. The lowest BCUT2D eigenvalue weighted by molar-refractivity contribution is -0.155. The summed E-state index contributed by atoms with van der Waals surface area (Å²) in [7, 11) is 0. The Kier molecular flexibility index (Phi) is 6.26. The van der Waals surface area contributed by atoms with E-state index >= 15 is 0 Å². The highest BCUT2D eigenvalue weighted by atomic mass is 16.7. The van der Waals surface area contributed by atoms with Crippen molar-refractivity contribution < 1.29 is 19.4 Å². The van der Waals surface area contributed by atoms with Crippen molar-refractivity contribution in [3.05, 3.63) is 47.2 Å². The third kappa shape index (κ3) is 4.84. The number of allylic oxidation sites excluding steroid dienone is 1. The van der Waals surface area contributed by atoms with Crippen molar-refractivity contribution in [3.8, 4) is 0 Å². The van der Waals surface area contributed by atoms with Crippen molar-refractivity contribution in [1.82, 2.24) is 5.32 Å². The number of amides is 1. The molecule has 5 nitrogen and oxygen atoms in total. The Balaban J connectivity index is 1.36. The Morgan fingerprint density at radius 1 is 1.17 bits per heavy atom. The second kappa shape index (κ2) is 8.88. The Bertz CT molecular complexity index is 742. The van der Waals surface area contributed by atoms with Crippen molar-refractivity contribution in [2.24, 2.45) is 23.7 Å². The number of hydrogen-bond acceptors (Lipinski definition) is 4. The number of carbonyl (C=O) groups is 1. The number of rotatable bonds is 7. The highest BCUT2D eigenvalue weighted by Gasteiger charge is 2.41. The first-order valence-corrected chi connectivity index (χ1v) is 11.0. The van der Waals surface area contributed by atoms with E-state index in [1.165, 1.54) is 19.3 Å². The monoisotopic (exact) mass is 399 g/mol. The van der Waals surface area contributed by atoms with Gasteiger partial charge in [0.15, 0.2) is 5.76 Å². The third-order valence-electron chi connectivity index (χ3n) is 6.86. The minimum absolute atomic E-state index is 0.0365. The van der Waals surface area contributed by atoms with E-state index in [-0.39, 0.29) is 18.4 Å². The lowest BCUT2D eigenvalue weighted by Gasteiger charge is -2.32. The molecule has 3 aliphatic rings. The summed E-state index contributed by atoms with van der Waals surface area (Å²) >= 11 is 0. The summed E-state index contributed by atoms with van der Waals surface area (Å²) < 4.78 is 12.0. The second-order valence-corrected chi connectivity index (χ2v) is 9.26. The van der Waals surface area contributed by atoms with Crippen LogP contribution in [0.15, 0.2) is 36.1 Å². The molecular formula is C24H33NO4. The normalized spacial score (nSPS) is 30.9. The lowest BCUT2D eigenvalue weighted by Crippen LogP contribution is -2.41. The number of benzene rings is 1. The predicted molar refractivity (Wildman–Crippen MR) is 110 cm³/mol. The van der Waals surface area contributed by atoms with E-state index in [9.17, 15) is 4.79 Å². The summed E-state index contributed by atoms with van der Waals surface area (Å²) in [5.41, 5.74) is 1.90. The molecule has 0 aromatic heterocycles. The fourth-order valence-electron chi connectivity index (χ4n) is 5.00. The molecule has 5 heteroatoms. The van der Waals surface area contributed by atoms with Crippen LogP contribution in [0.4, 0.5) is 0 Å². The van der Waals surface area contributed by atoms with Crippen LogP contribution in [0, 0.1) is 23.7 Å². The molecule has 1 aromatic carbocycles. The number of nitrogens with one attached hydrogen (secondary N) is 1. The molecule has 0 saturated heterocycles. The first kappa shape index (κ1) is 20.4. The number of aliphatic hydroxyl groups is 1. The van der Waals surface area contributed by atoms with E-state index in [0.29, 0.717) is 30.2 Å². The van der Waals surface area contributed by atoms with E-state index in [4.69, 9.17) is 14.6 Å². The van der Waals surface area contributed by atoms with Gasteiger partial charge >= 0.3 is 0 Å². The lowest BCUT2D eigenvalue weighted by atomic mass is 9.90. The van der Waals surface area contributed by atoms with Crippen LogP contribution >= 0.6 is 0 Å². The zero-order valence-corrected chi connectivity index (χ0v) is 17.5. The van der Waals surface area contributed by atoms with Gasteiger partial charge in [-0.05, 0) is 60.1 Å². The Hall–Kier alpha value is -1.85. The summed E-state index contributed by atoms with van der Waals surface area (Å²) in [4.78, 5) is 12.9.